The summed E-state index contributed by atoms with van der Waals surface area (Å²) in [7, 11) is 3.25. The van der Waals surface area contributed by atoms with Crippen LogP contribution in [-0.4, -0.2) is 38.1 Å². The Kier molecular flexibility index (Phi) is 8.63. The van der Waals surface area contributed by atoms with Crippen molar-refractivity contribution in [2.45, 2.75) is 19.6 Å². The van der Waals surface area contributed by atoms with E-state index in [1.807, 2.05) is 42.5 Å². The van der Waals surface area contributed by atoms with Crippen LogP contribution < -0.4 is 14.8 Å². The normalized spacial score (nSPS) is 10.8. The van der Waals surface area contributed by atoms with Gasteiger partial charge in [-0.1, -0.05) is 48.5 Å². The quantitative estimate of drug-likeness (QED) is 0.489. The number of ether oxygens (including phenoxy) is 2. The molecule has 0 atom stereocenters. The van der Waals surface area contributed by atoms with Crippen molar-refractivity contribution < 1.29 is 18.7 Å². The maximum absolute atomic E-state index is 13.4. The topological polar surface area (TPSA) is 50.8 Å². The molecule has 0 spiro atoms. The van der Waals surface area contributed by atoms with Gasteiger partial charge in [-0.15, -0.1) is 0 Å². The van der Waals surface area contributed by atoms with E-state index in [0.717, 1.165) is 29.7 Å². The predicted octanol–water partition coefficient (Wildman–Crippen LogP) is 4.20. The third kappa shape index (κ3) is 7.10. The van der Waals surface area contributed by atoms with Gasteiger partial charge in [0.25, 0.3) is 0 Å². The van der Waals surface area contributed by atoms with Crippen LogP contribution in [0, 0.1) is 5.82 Å². The second-order valence-corrected chi connectivity index (χ2v) is 7.52. The summed E-state index contributed by atoms with van der Waals surface area (Å²) in [6.45, 7) is 2.00. The van der Waals surface area contributed by atoms with Crippen molar-refractivity contribution in [3.05, 3.63) is 95.3 Å². The molecule has 32 heavy (non-hydrogen) atoms. The van der Waals surface area contributed by atoms with Crippen LogP contribution >= 0.6 is 0 Å². The Hall–Kier alpha value is -3.38. The summed E-state index contributed by atoms with van der Waals surface area (Å²) < 4.78 is 24.7. The highest BCUT2D eigenvalue weighted by atomic mass is 19.1. The van der Waals surface area contributed by atoms with Gasteiger partial charge in [0.15, 0.2) is 11.5 Å². The molecular formula is C26H29FN2O3. The van der Waals surface area contributed by atoms with Crippen molar-refractivity contribution in [1.29, 1.82) is 0 Å². The first-order valence-electron chi connectivity index (χ1n) is 10.6. The van der Waals surface area contributed by atoms with Crippen LogP contribution in [-0.2, 0) is 24.4 Å². The molecule has 3 rings (SSSR count). The molecule has 1 amide bonds. The van der Waals surface area contributed by atoms with Crippen molar-refractivity contribution >= 4 is 5.91 Å². The lowest BCUT2D eigenvalue weighted by atomic mass is 10.1. The lowest BCUT2D eigenvalue weighted by molar-refractivity contribution is -0.121. The summed E-state index contributed by atoms with van der Waals surface area (Å²) in [4.78, 5) is 14.1. The SMILES string of the molecule is CNC(=O)CN(CCc1ccc(OCc2cccc(F)c2)c(OC)c1)Cc1ccccc1. The number of nitrogens with zero attached hydrogens (tertiary/aromatic N) is 1. The van der Waals surface area contributed by atoms with Crippen molar-refractivity contribution in [3.8, 4) is 11.5 Å². The smallest absolute Gasteiger partial charge is 0.233 e. The van der Waals surface area contributed by atoms with E-state index in [2.05, 4.69) is 22.3 Å². The highest BCUT2D eigenvalue weighted by Gasteiger charge is 2.12. The molecule has 0 fully saturated rings. The number of likely N-dealkylation sites (N-methyl/N-ethyl adjacent to an activating group) is 1. The van der Waals surface area contributed by atoms with Crippen LogP contribution in [0.3, 0.4) is 0 Å². The average Bonchev–Trinajstić information content (AvgIpc) is 2.82. The Morgan fingerprint density at radius 3 is 2.44 bits per heavy atom. The number of halogens is 1. The number of methoxy groups -OCH3 is 1. The lowest BCUT2D eigenvalue weighted by Gasteiger charge is -2.22. The van der Waals surface area contributed by atoms with Crippen LogP contribution in [0.25, 0.3) is 0 Å². The van der Waals surface area contributed by atoms with Gasteiger partial charge in [0.2, 0.25) is 5.91 Å². The third-order valence-corrected chi connectivity index (χ3v) is 5.12. The fourth-order valence-corrected chi connectivity index (χ4v) is 3.40. The van der Waals surface area contributed by atoms with Gasteiger partial charge in [0, 0.05) is 20.1 Å². The Bertz CT molecular complexity index is 1010. The Labute approximate surface area is 188 Å². The number of benzene rings is 3. The summed E-state index contributed by atoms with van der Waals surface area (Å²) in [6, 6.07) is 22.2. The van der Waals surface area contributed by atoms with Crippen molar-refractivity contribution in [2.75, 3.05) is 27.2 Å². The zero-order valence-electron chi connectivity index (χ0n) is 18.5. The molecule has 168 valence electrons. The van der Waals surface area contributed by atoms with E-state index < -0.39 is 0 Å². The number of hydrogen-bond acceptors (Lipinski definition) is 4. The minimum atomic E-state index is -0.287. The summed E-state index contributed by atoms with van der Waals surface area (Å²) in [5.74, 6) is 0.927. The Morgan fingerprint density at radius 1 is 0.938 bits per heavy atom. The van der Waals surface area contributed by atoms with E-state index >= 15 is 0 Å². The van der Waals surface area contributed by atoms with E-state index in [0.29, 0.717) is 24.6 Å². The van der Waals surface area contributed by atoms with Gasteiger partial charge in [0.05, 0.1) is 13.7 Å². The first kappa shape index (κ1) is 23.3. The molecule has 6 heteroatoms. The molecule has 0 heterocycles. The number of carbonyl (C=O) groups excluding carboxylic acids is 1. The fourth-order valence-electron chi connectivity index (χ4n) is 3.40. The van der Waals surface area contributed by atoms with Gasteiger partial charge >= 0.3 is 0 Å². The first-order valence-corrected chi connectivity index (χ1v) is 10.6. The van der Waals surface area contributed by atoms with Gasteiger partial charge in [-0.05, 0) is 47.4 Å². The van der Waals surface area contributed by atoms with E-state index in [1.54, 1.807) is 20.2 Å². The molecule has 0 saturated heterocycles. The third-order valence-electron chi connectivity index (χ3n) is 5.12. The number of amides is 1. The molecule has 0 radical (unpaired) electrons. The Balaban J connectivity index is 1.63. The van der Waals surface area contributed by atoms with Crippen molar-refractivity contribution in [3.63, 3.8) is 0 Å². The van der Waals surface area contributed by atoms with E-state index in [-0.39, 0.29) is 18.3 Å². The van der Waals surface area contributed by atoms with Gasteiger partial charge in [-0.25, -0.2) is 4.39 Å². The Morgan fingerprint density at radius 2 is 1.72 bits per heavy atom. The van der Waals surface area contributed by atoms with E-state index in [1.165, 1.54) is 12.1 Å². The van der Waals surface area contributed by atoms with Crippen LogP contribution in [0.1, 0.15) is 16.7 Å². The standard InChI is InChI=1S/C26H29FN2O3/c1-28-26(30)18-29(17-21-7-4-3-5-8-21)14-13-20-11-12-24(25(16-20)31-2)32-19-22-9-6-10-23(27)15-22/h3-12,15-16H,13-14,17-19H2,1-2H3,(H,28,30). The predicted molar refractivity (Wildman–Crippen MR) is 123 cm³/mol. The number of nitrogens with one attached hydrogen (secondary N) is 1. The first-order chi connectivity index (χ1) is 15.6. The highest BCUT2D eigenvalue weighted by molar-refractivity contribution is 5.77. The second kappa shape index (κ2) is 11.9. The molecular weight excluding hydrogens is 407 g/mol. The van der Waals surface area contributed by atoms with Crippen LogP contribution in [0.15, 0.2) is 72.8 Å². The molecule has 3 aromatic carbocycles. The maximum Gasteiger partial charge on any atom is 0.233 e. The van der Waals surface area contributed by atoms with E-state index in [9.17, 15) is 9.18 Å². The molecule has 0 bridgehead atoms. The van der Waals surface area contributed by atoms with Gasteiger partial charge < -0.3 is 14.8 Å². The largest absolute Gasteiger partial charge is 0.493 e. The molecule has 3 aromatic rings. The van der Waals surface area contributed by atoms with Crippen LogP contribution in [0.4, 0.5) is 4.39 Å². The van der Waals surface area contributed by atoms with Crippen LogP contribution in [0.2, 0.25) is 0 Å². The van der Waals surface area contributed by atoms with Crippen LogP contribution in [0.5, 0.6) is 11.5 Å². The van der Waals surface area contributed by atoms with Crippen molar-refractivity contribution in [1.82, 2.24) is 10.2 Å². The molecule has 1 N–H and O–H groups in total. The fraction of sp³-hybridized carbons (Fsp3) is 0.269. The zero-order chi connectivity index (χ0) is 22.8. The molecule has 0 aromatic heterocycles. The molecule has 0 aliphatic heterocycles. The lowest BCUT2D eigenvalue weighted by Crippen LogP contribution is -2.36. The molecule has 0 aliphatic carbocycles. The van der Waals surface area contributed by atoms with Crippen molar-refractivity contribution in [2.24, 2.45) is 0 Å². The highest BCUT2D eigenvalue weighted by Crippen LogP contribution is 2.29. The molecule has 5 nitrogen and oxygen atoms in total. The minimum absolute atomic E-state index is 0.0143. The summed E-state index contributed by atoms with van der Waals surface area (Å²) >= 11 is 0. The number of hydrogen-bond donors (Lipinski definition) is 1. The summed E-state index contributed by atoms with van der Waals surface area (Å²) in [5, 5.41) is 2.70. The number of rotatable bonds is 11. The molecule has 0 saturated carbocycles. The summed E-state index contributed by atoms with van der Waals surface area (Å²) in [6.07, 6.45) is 0.754. The zero-order valence-corrected chi connectivity index (χ0v) is 18.5. The maximum atomic E-state index is 13.4. The molecule has 0 unspecified atom stereocenters. The van der Waals surface area contributed by atoms with Gasteiger partial charge in [-0.2, -0.15) is 0 Å². The monoisotopic (exact) mass is 436 g/mol. The number of carbonyl (C=O) groups is 1. The van der Waals surface area contributed by atoms with E-state index in [4.69, 9.17) is 9.47 Å². The molecule has 0 aliphatic rings. The van der Waals surface area contributed by atoms with Gasteiger partial charge in [0.1, 0.15) is 12.4 Å². The second-order valence-electron chi connectivity index (χ2n) is 7.52. The average molecular weight is 437 g/mol. The summed E-state index contributed by atoms with van der Waals surface area (Å²) in [5.41, 5.74) is 2.99. The minimum Gasteiger partial charge on any atom is -0.493 e. The van der Waals surface area contributed by atoms with Gasteiger partial charge in [-0.3, -0.25) is 9.69 Å².